The summed E-state index contributed by atoms with van der Waals surface area (Å²) in [5, 5.41) is 18.0. The summed E-state index contributed by atoms with van der Waals surface area (Å²) in [7, 11) is 0. The van der Waals surface area contributed by atoms with Crippen LogP contribution in [0.2, 0.25) is 0 Å². The molecule has 1 saturated heterocycles. The molecule has 17 heavy (non-hydrogen) atoms. The zero-order chi connectivity index (χ0) is 12.4. The number of amides is 1. The molecule has 0 saturated carbocycles. The summed E-state index contributed by atoms with van der Waals surface area (Å²) in [5.74, 6) is -0.0278. The lowest BCUT2D eigenvalue weighted by Crippen LogP contribution is -2.25. The van der Waals surface area contributed by atoms with Crippen LogP contribution in [0.4, 0.5) is 5.69 Å². The number of benzene rings is 1. The first-order valence-electron chi connectivity index (χ1n) is 5.27. The molecule has 1 unspecified atom stereocenters. The maximum absolute atomic E-state index is 11.8. The molecule has 1 N–H and O–H groups in total. The minimum absolute atomic E-state index is 0.0117. The van der Waals surface area contributed by atoms with E-state index in [0.717, 1.165) is 0 Å². The molecule has 1 aliphatic rings. The first kappa shape index (κ1) is 12.1. The Kier molecular flexibility index (Phi) is 3.46. The Morgan fingerprint density at radius 2 is 2.35 bits per heavy atom. The van der Waals surface area contributed by atoms with Gasteiger partial charge in [-0.15, -0.1) is 0 Å². The molecule has 5 heteroatoms. The van der Waals surface area contributed by atoms with E-state index in [0.29, 0.717) is 28.7 Å². The summed E-state index contributed by atoms with van der Waals surface area (Å²) < 4.78 is 0.634. The number of carbonyl (C=O) groups excluding carboxylic acids is 1. The number of nitrogens with zero attached hydrogens (tertiary/aromatic N) is 2. The molecule has 1 atom stereocenters. The summed E-state index contributed by atoms with van der Waals surface area (Å²) in [6.07, 6.45) is 0.361. The van der Waals surface area contributed by atoms with E-state index in [-0.39, 0.29) is 18.4 Å². The van der Waals surface area contributed by atoms with Crippen LogP contribution in [0.5, 0.6) is 0 Å². The standard InChI is InChI=1S/C12H11BrN2O2/c13-12-9(5-14)2-1-3-10(12)15-6-8(7-16)4-11(15)17/h1-3,8,16H,4,6-7H2. The predicted octanol–water partition coefficient (Wildman–Crippen LogP) is 1.67. The van der Waals surface area contributed by atoms with Gasteiger partial charge >= 0.3 is 0 Å². The van der Waals surface area contributed by atoms with Gasteiger partial charge < -0.3 is 10.0 Å². The van der Waals surface area contributed by atoms with Crippen molar-refractivity contribution in [1.29, 1.82) is 5.26 Å². The van der Waals surface area contributed by atoms with Gasteiger partial charge in [0.2, 0.25) is 5.91 Å². The molecule has 0 aliphatic carbocycles. The largest absolute Gasteiger partial charge is 0.396 e. The normalized spacial score (nSPS) is 19.5. The Hall–Kier alpha value is -1.38. The van der Waals surface area contributed by atoms with Crippen molar-refractivity contribution in [3.63, 3.8) is 0 Å². The smallest absolute Gasteiger partial charge is 0.227 e. The molecule has 4 nitrogen and oxygen atoms in total. The highest BCUT2D eigenvalue weighted by Gasteiger charge is 2.31. The van der Waals surface area contributed by atoms with Crippen molar-refractivity contribution in [2.75, 3.05) is 18.1 Å². The average molecular weight is 295 g/mol. The zero-order valence-corrected chi connectivity index (χ0v) is 10.6. The van der Waals surface area contributed by atoms with Gasteiger partial charge in [-0.05, 0) is 28.1 Å². The number of hydrogen-bond donors (Lipinski definition) is 1. The van der Waals surface area contributed by atoms with Gasteiger partial charge in [-0.2, -0.15) is 5.26 Å². The maximum atomic E-state index is 11.8. The molecule has 0 aromatic heterocycles. The lowest BCUT2D eigenvalue weighted by molar-refractivity contribution is -0.117. The number of anilines is 1. The third-order valence-electron chi connectivity index (χ3n) is 2.85. The second kappa shape index (κ2) is 4.86. The van der Waals surface area contributed by atoms with Crippen LogP contribution in [0.15, 0.2) is 22.7 Å². The second-order valence-electron chi connectivity index (χ2n) is 4.01. The van der Waals surface area contributed by atoms with Crippen LogP contribution in [0, 0.1) is 17.2 Å². The van der Waals surface area contributed by atoms with Crippen molar-refractivity contribution in [3.8, 4) is 6.07 Å². The fraction of sp³-hybridized carbons (Fsp3) is 0.333. The van der Waals surface area contributed by atoms with Crippen molar-refractivity contribution in [2.45, 2.75) is 6.42 Å². The molecule has 1 aromatic rings. The lowest BCUT2D eigenvalue weighted by atomic mass is 10.1. The molecule has 0 spiro atoms. The third-order valence-corrected chi connectivity index (χ3v) is 3.69. The van der Waals surface area contributed by atoms with Gasteiger partial charge in [-0.25, -0.2) is 0 Å². The van der Waals surface area contributed by atoms with Crippen LogP contribution in [0.25, 0.3) is 0 Å². The molecule has 1 aromatic carbocycles. The van der Waals surface area contributed by atoms with E-state index in [4.69, 9.17) is 10.4 Å². The van der Waals surface area contributed by atoms with Crippen LogP contribution >= 0.6 is 15.9 Å². The molecule has 2 rings (SSSR count). The topological polar surface area (TPSA) is 64.3 Å². The van der Waals surface area contributed by atoms with Crippen molar-refractivity contribution in [3.05, 3.63) is 28.2 Å². The number of aliphatic hydroxyl groups is 1. The summed E-state index contributed by atoms with van der Waals surface area (Å²) in [4.78, 5) is 13.4. The van der Waals surface area contributed by atoms with Crippen LogP contribution < -0.4 is 4.90 Å². The number of halogens is 1. The highest BCUT2D eigenvalue weighted by Crippen LogP contribution is 2.33. The summed E-state index contributed by atoms with van der Waals surface area (Å²) in [6, 6.07) is 7.30. The highest BCUT2D eigenvalue weighted by atomic mass is 79.9. The fourth-order valence-corrected chi connectivity index (χ4v) is 2.52. The van der Waals surface area contributed by atoms with Crippen LogP contribution in [0.1, 0.15) is 12.0 Å². The van der Waals surface area contributed by atoms with Crippen molar-refractivity contribution < 1.29 is 9.90 Å². The van der Waals surface area contributed by atoms with Crippen molar-refractivity contribution in [2.24, 2.45) is 5.92 Å². The number of nitriles is 1. The number of hydrogen-bond acceptors (Lipinski definition) is 3. The summed E-state index contributed by atoms with van der Waals surface area (Å²) in [6.45, 7) is 0.514. The molecule has 88 valence electrons. The molecular weight excluding hydrogens is 284 g/mol. The Morgan fingerprint density at radius 3 is 2.94 bits per heavy atom. The molecule has 1 fully saturated rings. The van der Waals surface area contributed by atoms with E-state index in [9.17, 15) is 4.79 Å². The lowest BCUT2D eigenvalue weighted by Gasteiger charge is -2.18. The average Bonchev–Trinajstić information content (AvgIpc) is 2.71. The van der Waals surface area contributed by atoms with Gasteiger partial charge in [0.15, 0.2) is 0 Å². The van der Waals surface area contributed by atoms with E-state index < -0.39 is 0 Å². The van der Waals surface area contributed by atoms with Crippen molar-refractivity contribution in [1.82, 2.24) is 0 Å². The van der Waals surface area contributed by atoms with Crippen LogP contribution in [-0.4, -0.2) is 24.2 Å². The third kappa shape index (κ3) is 2.19. The highest BCUT2D eigenvalue weighted by molar-refractivity contribution is 9.10. The van der Waals surface area contributed by atoms with Gasteiger partial charge in [0.25, 0.3) is 0 Å². The Bertz CT molecular complexity index is 496. The van der Waals surface area contributed by atoms with Gasteiger partial charge in [0.05, 0.1) is 15.7 Å². The van der Waals surface area contributed by atoms with Gasteiger partial charge in [0.1, 0.15) is 6.07 Å². The van der Waals surface area contributed by atoms with E-state index >= 15 is 0 Å². The Balaban J connectivity index is 2.36. The van der Waals surface area contributed by atoms with E-state index in [1.54, 1.807) is 23.1 Å². The molecule has 0 bridgehead atoms. The number of aliphatic hydroxyl groups excluding tert-OH is 1. The predicted molar refractivity (Wildman–Crippen MR) is 66.4 cm³/mol. The first-order chi connectivity index (χ1) is 8.17. The Morgan fingerprint density at radius 1 is 1.59 bits per heavy atom. The van der Waals surface area contributed by atoms with Crippen LogP contribution in [-0.2, 0) is 4.79 Å². The van der Waals surface area contributed by atoms with Crippen LogP contribution in [0.3, 0.4) is 0 Å². The van der Waals surface area contributed by atoms with Gasteiger partial charge in [-0.1, -0.05) is 6.07 Å². The second-order valence-corrected chi connectivity index (χ2v) is 4.80. The van der Waals surface area contributed by atoms with E-state index in [2.05, 4.69) is 22.0 Å². The molecule has 1 aliphatic heterocycles. The van der Waals surface area contributed by atoms with Crippen molar-refractivity contribution >= 4 is 27.5 Å². The molecule has 1 heterocycles. The number of carbonyl (C=O) groups is 1. The SMILES string of the molecule is N#Cc1cccc(N2CC(CO)CC2=O)c1Br. The quantitative estimate of drug-likeness (QED) is 0.902. The first-order valence-corrected chi connectivity index (χ1v) is 6.06. The monoisotopic (exact) mass is 294 g/mol. The van der Waals surface area contributed by atoms with E-state index in [1.165, 1.54) is 0 Å². The molecule has 1 amide bonds. The minimum Gasteiger partial charge on any atom is -0.396 e. The molecular formula is C12H11BrN2O2. The van der Waals surface area contributed by atoms with Gasteiger partial charge in [0, 0.05) is 25.5 Å². The van der Waals surface area contributed by atoms with E-state index in [1.807, 2.05) is 0 Å². The summed E-state index contributed by atoms with van der Waals surface area (Å²) in [5.41, 5.74) is 1.20. The van der Waals surface area contributed by atoms with Gasteiger partial charge in [-0.3, -0.25) is 4.79 Å². The zero-order valence-electron chi connectivity index (χ0n) is 9.06. The minimum atomic E-state index is -0.0140. The fourth-order valence-electron chi connectivity index (χ4n) is 1.95. The molecule has 0 radical (unpaired) electrons. The Labute approximate surface area is 108 Å². The summed E-state index contributed by atoms with van der Waals surface area (Å²) >= 11 is 3.34. The number of rotatable bonds is 2. The maximum Gasteiger partial charge on any atom is 0.227 e.